The third kappa shape index (κ3) is 5.71. The highest BCUT2D eigenvalue weighted by molar-refractivity contribution is 9.10. The number of ether oxygens (including phenoxy) is 1. The van der Waals surface area contributed by atoms with Crippen molar-refractivity contribution in [1.29, 1.82) is 0 Å². The van der Waals surface area contributed by atoms with Crippen LogP contribution in [0, 0.1) is 0 Å². The zero-order chi connectivity index (χ0) is 16.1. The predicted octanol–water partition coefficient (Wildman–Crippen LogP) is 2.25. The van der Waals surface area contributed by atoms with E-state index in [1.54, 1.807) is 0 Å². The Bertz CT molecular complexity index is 555. The van der Waals surface area contributed by atoms with Gasteiger partial charge in [0.2, 0.25) is 10.0 Å². The van der Waals surface area contributed by atoms with Gasteiger partial charge < -0.3 is 14.5 Å². The van der Waals surface area contributed by atoms with Crippen molar-refractivity contribution in [3.8, 4) is 0 Å². The molecule has 0 fully saturated rings. The van der Waals surface area contributed by atoms with Gasteiger partial charge in [-0.1, -0.05) is 6.92 Å². The predicted molar refractivity (Wildman–Crippen MR) is 84.7 cm³/mol. The van der Waals surface area contributed by atoms with E-state index in [0.717, 1.165) is 6.54 Å². The van der Waals surface area contributed by atoms with Gasteiger partial charge >= 0.3 is 0 Å². The van der Waals surface area contributed by atoms with Crippen LogP contribution < -0.4 is 10.0 Å². The van der Waals surface area contributed by atoms with Crippen LogP contribution in [0.25, 0.3) is 0 Å². The van der Waals surface area contributed by atoms with Crippen LogP contribution in [0.2, 0.25) is 0 Å². The minimum Gasteiger partial charge on any atom is -0.452 e. The highest BCUT2D eigenvalue weighted by Crippen LogP contribution is 2.26. The van der Waals surface area contributed by atoms with Crippen LogP contribution in [0.4, 0.5) is 0 Å². The van der Waals surface area contributed by atoms with Gasteiger partial charge in [0.25, 0.3) is 0 Å². The number of rotatable bonds is 9. The van der Waals surface area contributed by atoms with Gasteiger partial charge in [-0.25, -0.2) is 13.1 Å². The fraction of sp³-hybridized carbons (Fsp3) is 0.692. The van der Waals surface area contributed by atoms with Crippen LogP contribution in [0.1, 0.15) is 33.5 Å². The van der Waals surface area contributed by atoms with E-state index in [1.165, 1.54) is 6.07 Å². The topological polar surface area (TPSA) is 80.6 Å². The molecule has 0 bridgehead atoms. The van der Waals surface area contributed by atoms with E-state index in [-0.39, 0.29) is 16.1 Å². The van der Waals surface area contributed by atoms with E-state index < -0.39 is 15.6 Å². The Kier molecular flexibility index (Phi) is 6.86. The Morgan fingerprint density at radius 1 is 1.38 bits per heavy atom. The third-order valence-corrected chi connectivity index (χ3v) is 5.03. The van der Waals surface area contributed by atoms with Crippen LogP contribution in [-0.4, -0.2) is 33.7 Å². The highest BCUT2D eigenvalue weighted by atomic mass is 79.9. The van der Waals surface area contributed by atoms with Gasteiger partial charge in [0.05, 0.1) is 12.1 Å². The summed E-state index contributed by atoms with van der Waals surface area (Å²) in [6.07, 6.45) is 0. The molecule has 0 aliphatic heterocycles. The first kappa shape index (κ1) is 18.6. The van der Waals surface area contributed by atoms with Crippen molar-refractivity contribution in [1.82, 2.24) is 10.0 Å². The maximum Gasteiger partial charge on any atom is 0.245 e. The second kappa shape index (κ2) is 7.73. The number of halogens is 1. The van der Waals surface area contributed by atoms with Gasteiger partial charge in [-0.3, -0.25) is 0 Å². The summed E-state index contributed by atoms with van der Waals surface area (Å²) >= 11 is 3.15. The van der Waals surface area contributed by atoms with E-state index in [4.69, 9.17) is 9.15 Å². The van der Waals surface area contributed by atoms with Crippen LogP contribution in [0.3, 0.4) is 0 Å². The Morgan fingerprint density at radius 3 is 2.62 bits per heavy atom. The molecule has 0 saturated heterocycles. The van der Waals surface area contributed by atoms with Crippen LogP contribution in [-0.2, 0) is 21.3 Å². The molecule has 0 spiro atoms. The number of hydrogen-bond acceptors (Lipinski definition) is 5. The van der Waals surface area contributed by atoms with E-state index in [9.17, 15) is 8.42 Å². The molecule has 0 aliphatic rings. The van der Waals surface area contributed by atoms with Crippen molar-refractivity contribution in [2.45, 2.75) is 44.7 Å². The summed E-state index contributed by atoms with van der Waals surface area (Å²) in [6, 6.07) is 1.52. The summed E-state index contributed by atoms with van der Waals surface area (Å²) in [4.78, 5) is 0.0997. The molecule has 1 rings (SSSR count). The molecule has 0 amide bonds. The first-order valence-electron chi connectivity index (χ1n) is 6.84. The first-order chi connectivity index (χ1) is 9.72. The third-order valence-electron chi connectivity index (χ3n) is 2.77. The summed E-state index contributed by atoms with van der Waals surface area (Å²) in [7, 11) is -3.65. The second-order valence-corrected chi connectivity index (χ2v) is 7.60. The lowest BCUT2D eigenvalue weighted by Gasteiger charge is -2.24. The minimum absolute atomic E-state index is 0.0997. The summed E-state index contributed by atoms with van der Waals surface area (Å²) < 4.78 is 38.2. The second-order valence-electron chi connectivity index (χ2n) is 5.15. The molecule has 0 aliphatic carbocycles. The Labute approximate surface area is 134 Å². The maximum atomic E-state index is 12.3. The molecule has 21 heavy (non-hydrogen) atoms. The average Bonchev–Trinajstić information content (AvgIpc) is 2.76. The number of sulfonamides is 1. The Balaban J connectivity index is 2.81. The maximum absolute atomic E-state index is 12.3. The zero-order valence-electron chi connectivity index (χ0n) is 12.8. The summed E-state index contributed by atoms with van der Waals surface area (Å²) in [5.41, 5.74) is -0.565. The van der Waals surface area contributed by atoms with Crippen molar-refractivity contribution in [2.75, 3.05) is 19.7 Å². The van der Waals surface area contributed by atoms with Crippen molar-refractivity contribution < 1.29 is 17.6 Å². The molecule has 1 heterocycles. The molecule has 1 aromatic heterocycles. The van der Waals surface area contributed by atoms with Crippen LogP contribution in [0.5, 0.6) is 0 Å². The average molecular weight is 383 g/mol. The first-order valence-corrected chi connectivity index (χ1v) is 9.12. The molecule has 2 N–H and O–H groups in total. The lowest BCUT2D eigenvalue weighted by Crippen LogP contribution is -2.40. The fourth-order valence-electron chi connectivity index (χ4n) is 1.70. The highest BCUT2D eigenvalue weighted by Gasteiger charge is 2.26. The number of furan rings is 1. The minimum atomic E-state index is -3.65. The van der Waals surface area contributed by atoms with Gasteiger partial charge in [-0.15, -0.1) is 0 Å². The largest absolute Gasteiger partial charge is 0.452 e. The van der Waals surface area contributed by atoms with Crippen LogP contribution in [0.15, 0.2) is 20.0 Å². The van der Waals surface area contributed by atoms with Gasteiger partial charge in [0.1, 0.15) is 10.7 Å². The number of nitrogens with one attached hydrogen (secondary N) is 2. The fourth-order valence-corrected chi connectivity index (χ4v) is 3.90. The normalized spacial score (nSPS) is 12.8. The molecule has 0 atom stereocenters. The van der Waals surface area contributed by atoms with Gasteiger partial charge in [-0.05, 0) is 43.2 Å². The van der Waals surface area contributed by atoms with E-state index in [1.807, 2.05) is 27.7 Å². The Morgan fingerprint density at radius 2 is 2.05 bits per heavy atom. The molecular weight excluding hydrogens is 360 g/mol. The molecule has 0 aromatic carbocycles. The molecule has 0 unspecified atom stereocenters. The SMILES string of the molecule is CCNCc1cc(S(=O)(=O)NCC(C)(C)OCC)c(Br)o1. The summed E-state index contributed by atoms with van der Waals surface area (Å²) in [6.45, 7) is 9.47. The molecular formula is C13H23BrN2O4S. The van der Waals surface area contributed by atoms with Crippen molar-refractivity contribution in [2.24, 2.45) is 0 Å². The molecule has 6 nitrogen and oxygen atoms in total. The van der Waals surface area contributed by atoms with Crippen molar-refractivity contribution in [3.63, 3.8) is 0 Å². The summed E-state index contributed by atoms with van der Waals surface area (Å²) in [5, 5.41) is 3.08. The molecule has 122 valence electrons. The van der Waals surface area contributed by atoms with Gasteiger partial charge in [0.15, 0.2) is 4.67 Å². The molecule has 0 radical (unpaired) electrons. The Hall–Kier alpha value is -0.410. The van der Waals surface area contributed by atoms with Crippen LogP contribution >= 0.6 is 15.9 Å². The van der Waals surface area contributed by atoms with Gasteiger partial charge in [-0.2, -0.15) is 0 Å². The lowest BCUT2D eigenvalue weighted by molar-refractivity contribution is -0.00515. The van der Waals surface area contributed by atoms with Crippen molar-refractivity contribution in [3.05, 3.63) is 16.5 Å². The smallest absolute Gasteiger partial charge is 0.245 e. The van der Waals surface area contributed by atoms with E-state index in [2.05, 4.69) is 26.0 Å². The monoisotopic (exact) mass is 382 g/mol. The van der Waals surface area contributed by atoms with Gasteiger partial charge in [0, 0.05) is 19.2 Å². The quantitative estimate of drug-likeness (QED) is 0.684. The molecule has 1 aromatic rings. The lowest BCUT2D eigenvalue weighted by atomic mass is 10.1. The zero-order valence-corrected chi connectivity index (χ0v) is 15.2. The molecule has 0 saturated carbocycles. The van der Waals surface area contributed by atoms with E-state index in [0.29, 0.717) is 18.9 Å². The standard InChI is InChI=1S/C13H23BrN2O4S/c1-5-15-8-10-7-11(12(14)20-10)21(17,18)16-9-13(3,4)19-6-2/h7,15-16H,5-6,8-9H2,1-4H3. The summed E-state index contributed by atoms with van der Waals surface area (Å²) in [5.74, 6) is 0.563. The number of hydrogen-bond donors (Lipinski definition) is 2. The van der Waals surface area contributed by atoms with E-state index >= 15 is 0 Å². The van der Waals surface area contributed by atoms with Crippen molar-refractivity contribution >= 4 is 26.0 Å². The molecule has 8 heteroatoms.